The Kier molecular flexibility index (Phi) is 4.76. The number of nitrogens with zero attached hydrogens (tertiary/aromatic N) is 1. The second-order valence-corrected chi connectivity index (χ2v) is 6.19. The number of hydrogen-bond acceptors (Lipinski definition) is 3. The second-order valence-electron chi connectivity index (χ2n) is 6.19. The van der Waals surface area contributed by atoms with Gasteiger partial charge in [0, 0.05) is 25.3 Å². The fourth-order valence-corrected chi connectivity index (χ4v) is 3.13. The number of benzene rings is 2. The first-order valence-corrected chi connectivity index (χ1v) is 8.00. The number of piperidine rings is 1. The van der Waals surface area contributed by atoms with Crippen molar-refractivity contribution in [1.82, 2.24) is 4.90 Å². The molecule has 0 bridgehead atoms. The van der Waals surface area contributed by atoms with Crippen molar-refractivity contribution in [2.75, 3.05) is 25.0 Å². The Morgan fingerprint density at radius 1 is 0.909 bits per heavy atom. The number of aliphatic hydroxyl groups excluding tert-OH is 1. The minimum atomic E-state index is -0.186. The van der Waals surface area contributed by atoms with Crippen LogP contribution in [0.2, 0.25) is 0 Å². The van der Waals surface area contributed by atoms with Crippen molar-refractivity contribution >= 4 is 5.69 Å². The summed E-state index contributed by atoms with van der Waals surface area (Å²) in [6.07, 6.45) is 1.93. The van der Waals surface area contributed by atoms with E-state index in [-0.39, 0.29) is 12.1 Å². The maximum Gasteiger partial charge on any atom is 0.0662 e. The van der Waals surface area contributed by atoms with Gasteiger partial charge >= 0.3 is 0 Å². The van der Waals surface area contributed by atoms with E-state index < -0.39 is 0 Å². The van der Waals surface area contributed by atoms with Crippen molar-refractivity contribution in [2.45, 2.75) is 24.9 Å². The molecule has 3 rings (SSSR count). The SMILES string of the molecule is OCC1(Nc2ccccc2)CCN(Cc2ccccc2)CC1. The highest BCUT2D eigenvalue weighted by atomic mass is 16.3. The summed E-state index contributed by atoms with van der Waals surface area (Å²) in [4.78, 5) is 2.47. The normalized spacial score (nSPS) is 18.0. The van der Waals surface area contributed by atoms with Gasteiger partial charge in [-0.25, -0.2) is 0 Å². The lowest BCUT2D eigenvalue weighted by atomic mass is 9.87. The zero-order valence-electron chi connectivity index (χ0n) is 12.9. The molecule has 0 atom stereocenters. The Balaban J connectivity index is 1.59. The van der Waals surface area contributed by atoms with E-state index in [0.29, 0.717) is 0 Å². The van der Waals surface area contributed by atoms with Crippen LogP contribution in [0.1, 0.15) is 18.4 Å². The Morgan fingerprint density at radius 2 is 1.50 bits per heavy atom. The molecular weight excluding hydrogens is 272 g/mol. The fourth-order valence-electron chi connectivity index (χ4n) is 3.13. The van der Waals surface area contributed by atoms with Gasteiger partial charge in [-0.3, -0.25) is 4.90 Å². The number of nitrogens with one attached hydrogen (secondary N) is 1. The van der Waals surface area contributed by atoms with Gasteiger partial charge in [0.2, 0.25) is 0 Å². The zero-order valence-corrected chi connectivity index (χ0v) is 12.9. The molecule has 0 spiro atoms. The third-order valence-corrected chi connectivity index (χ3v) is 4.55. The molecule has 0 unspecified atom stereocenters. The van der Waals surface area contributed by atoms with Crippen LogP contribution in [-0.2, 0) is 6.54 Å². The Morgan fingerprint density at radius 3 is 2.09 bits per heavy atom. The quantitative estimate of drug-likeness (QED) is 0.890. The van der Waals surface area contributed by atoms with Gasteiger partial charge in [-0.1, -0.05) is 48.5 Å². The monoisotopic (exact) mass is 296 g/mol. The summed E-state index contributed by atoms with van der Waals surface area (Å²) >= 11 is 0. The summed E-state index contributed by atoms with van der Waals surface area (Å²) in [5.41, 5.74) is 2.26. The van der Waals surface area contributed by atoms with Crippen molar-refractivity contribution in [1.29, 1.82) is 0 Å². The van der Waals surface area contributed by atoms with Gasteiger partial charge in [-0.15, -0.1) is 0 Å². The average molecular weight is 296 g/mol. The number of likely N-dealkylation sites (tertiary alicyclic amines) is 1. The van der Waals surface area contributed by atoms with E-state index in [1.807, 2.05) is 18.2 Å². The van der Waals surface area contributed by atoms with Crippen molar-refractivity contribution in [2.24, 2.45) is 0 Å². The van der Waals surface area contributed by atoms with E-state index in [1.54, 1.807) is 0 Å². The number of rotatable bonds is 5. The van der Waals surface area contributed by atoms with Crippen LogP contribution in [0, 0.1) is 0 Å². The van der Waals surface area contributed by atoms with Crippen LogP contribution in [-0.4, -0.2) is 35.2 Å². The molecule has 1 fully saturated rings. The van der Waals surface area contributed by atoms with Crippen molar-refractivity contribution in [3.05, 3.63) is 66.2 Å². The highest BCUT2D eigenvalue weighted by molar-refractivity contribution is 5.45. The van der Waals surface area contributed by atoms with Crippen molar-refractivity contribution in [3.8, 4) is 0 Å². The fraction of sp³-hybridized carbons (Fsp3) is 0.368. The van der Waals surface area contributed by atoms with Crippen LogP contribution in [0.25, 0.3) is 0 Å². The van der Waals surface area contributed by atoms with Crippen LogP contribution in [0.5, 0.6) is 0 Å². The van der Waals surface area contributed by atoms with Gasteiger partial charge in [0.1, 0.15) is 0 Å². The number of aliphatic hydroxyl groups is 1. The molecule has 3 nitrogen and oxygen atoms in total. The second kappa shape index (κ2) is 6.95. The molecule has 1 heterocycles. The predicted octanol–water partition coefficient (Wildman–Crippen LogP) is 3.13. The third-order valence-electron chi connectivity index (χ3n) is 4.55. The molecule has 1 aliphatic heterocycles. The number of hydrogen-bond donors (Lipinski definition) is 2. The summed E-state index contributed by atoms with van der Waals surface area (Å²) in [6, 6.07) is 20.8. The van der Waals surface area contributed by atoms with E-state index >= 15 is 0 Å². The van der Waals surface area contributed by atoms with E-state index in [0.717, 1.165) is 38.2 Å². The molecule has 0 amide bonds. The molecule has 0 radical (unpaired) electrons. The highest BCUT2D eigenvalue weighted by Crippen LogP contribution is 2.27. The topological polar surface area (TPSA) is 35.5 Å². The maximum absolute atomic E-state index is 9.90. The number of anilines is 1. The Bertz CT molecular complexity index is 563. The van der Waals surface area contributed by atoms with E-state index in [2.05, 4.69) is 52.7 Å². The average Bonchev–Trinajstić information content (AvgIpc) is 2.59. The van der Waals surface area contributed by atoms with Crippen LogP contribution in [0.15, 0.2) is 60.7 Å². The van der Waals surface area contributed by atoms with Crippen LogP contribution >= 0.6 is 0 Å². The molecule has 1 aliphatic rings. The molecule has 0 aromatic heterocycles. The van der Waals surface area contributed by atoms with Crippen LogP contribution in [0.4, 0.5) is 5.69 Å². The van der Waals surface area contributed by atoms with Crippen LogP contribution < -0.4 is 5.32 Å². The molecule has 2 N–H and O–H groups in total. The summed E-state index contributed by atoms with van der Waals surface area (Å²) < 4.78 is 0. The lowest BCUT2D eigenvalue weighted by molar-refractivity contribution is 0.115. The van der Waals surface area contributed by atoms with Gasteiger partial charge in [-0.2, -0.15) is 0 Å². The maximum atomic E-state index is 9.90. The molecule has 0 aliphatic carbocycles. The Labute approximate surface area is 132 Å². The predicted molar refractivity (Wildman–Crippen MR) is 90.8 cm³/mol. The van der Waals surface area contributed by atoms with Gasteiger partial charge in [0.05, 0.1) is 12.1 Å². The first-order valence-electron chi connectivity index (χ1n) is 8.00. The molecule has 1 saturated heterocycles. The van der Waals surface area contributed by atoms with E-state index in [1.165, 1.54) is 5.56 Å². The smallest absolute Gasteiger partial charge is 0.0662 e. The first-order chi connectivity index (χ1) is 10.8. The zero-order chi connectivity index (χ0) is 15.3. The minimum Gasteiger partial charge on any atom is -0.394 e. The standard InChI is InChI=1S/C19H24N2O/c22-16-19(20-18-9-5-2-6-10-18)11-13-21(14-12-19)15-17-7-3-1-4-8-17/h1-10,20,22H,11-16H2. The lowest BCUT2D eigenvalue weighted by Gasteiger charge is -2.42. The van der Waals surface area contributed by atoms with Crippen molar-refractivity contribution in [3.63, 3.8) is 0 Å². The highest BCUT2D eigenvalue weighted by Gasteiger charge is 2.33. The molecule has 2 aromatic carbocycles. The molecule has 116 valence electrons. The summed E-state index contributed by atoms with van der Waals surface area (Å²) in [7, 11) is 0. The molecular formula is C19H24N2O. The minimum absolute atomic E-state index is 0.182. The van der Waals surface area contributed by atoms with E-state index in [4.69, 9.17) is 0 Å². The van der Waals surface area contributed by atoms with Crippen LogP contribution in [0.3, 0.4) is 0 Å². The summed E-state index contributed by atoms with van der Waals surface area (Å²) in [5.74, 6) is 0. The molecule has 22 heavy (non-hydrogen) atoms. The first kappa shape index (κ1) is 15.1. The van der Waals surface area contributed by atoms with Gasteiger partial charge in [-0.05, 0) is 30.5 Å². The summed E-state index contributed by atoms with van der Waals surface area (Å²) in [5, 5.41) is 13.4. The molecule has 3 heteroatoms. The third kappa shape index (κ3) is 3.67. The molecule has 2 aromatic rings. The van der Waals surface area contributed by atoms with Gasteiger partial charge in [0.25, 0.3) is 0 Å². The Hall–Kier alpha value is -1.84. The largest absolute Gasteiger partial charge is 0.394 e. The number of para-hydroxylation sites is 1. The van der Waals surface area contributed by atoms with Gasteiger partial charge in [0.15, 0.2) is 0 Å². The van der Waals surface area contributed by atoms with Crippen molar-refractivity contribution < 1.29 is 5.11 Å². The summed E-state index contributed by atoms with van der Waals surface area (Å²) in [6.45, 7) is 3.19. The van der Waals surface area contributed by atoms with Gasteiger partial charge < -0.3 is 10.4 Å². The van der Waals surface area contributed by atoms with E-state index in [9.17, 15) is 5.11 Å². The molecule has 0 saturated carbocycles. The lowest BCUT2D eigenvalue weighted by Crippen LogP contribution is -2.51.